The summed E-state index contributed by atoms with van der Waals surface area (Å²) >= 11 is 6.37. The van der Waals surface area contributed by atoms with E-state index in [1.807, 2.05) is 26.8 Å². The average Bonchev–Trinajstić information content (AvgIpc) is 2.75. The van der Waals surface area contributed by atoms with E-state index in [2.05, 4.69) is 51.0 Å². The summed E-state index contributed by atoms with van der Waals surface area (Å²) in [6.45, 7) is 12.3. The van der Waals surface area contributed by atoms with E-state index in [0.717, 1.165) is 31.0 Å². The van der Waals surface area contributed by atoms with Crippen LogP contribution in [0.25, 0.3) is 0 Å². The number of halogens is 1. The molecule has 3 heterocycles. The highest BCUT2D eigenvalue weighted by molar-refractivity contribution is 6.28. The van der Waals surface area contributed by atoms with Gasteiger partial charge < -0.3 is 14.5 Å². The summed E-state index contributed by atoms with van der Waals surface area (Å²) in [5.41, 5.74) is 2.99. The summed E-state index contributed by atoms with van der Waals surface area (Å²) in [5, 5.41) is 0.279. The first kappa shape index (κ1) is 22.8. The Morgan fingerprint density at radius 1 is 1.09 bits per heavy atom. The minimum atomic E-state index is -0.491. The number of benzene rings is 1. The van der Waals surface area contributed by atoms with Crippen LogP contribution in [-0.4, -0.2) is 64.2 Å². The van der Waals surface area contributed by atoms with Crippen LogP contribution in [0.4, 0.5) is 10.6 Å². The summed E-state index contributed by atoms with van der Waals surface area (Å²) in [5.74, 6) is 0.912. The second-order valence-corrected chi connectivity index (χ2v) is 9.85. The molecule has 1 saturated heterocycles. The molecule has 0 radical (unpaired) electrons. The zero-order valence-electron chi connectivity index (χ0n) is 19.3. The Kier molecular flexibility index (Phi) is 6.58. The van der Waals surface area contributed by atoms with Gasteiger partial charge in [0.15, 0.2) is 0 Å². The van der Waals surface area contributed by atoms with Crippen molar-refractivity contribution in [3.63, 3.8) is 0 Å². The molecule has 172 valence electrons. The lowest BCUT2D eigenvalue weighted by atomic mass is 9.98. The van der Waals surface area contributed by atoms with E-state index >= 15 is 0 Å². The van der Waals surface area contributed by atoms with Gasteiger partial charge in [0.2, 0.25) is 5.28 Å². The van der Waals surface area contributed by atoms with Crippen molar-refractivity contribution in [3.05, 3.63) is 52.4 Å². The zero-order valence-corrected chi connectivity index (χ0v) is 20.1. The number of anilines is 1. The summed E-state index contributed by atoms with van der Waals surface area (Å²) in [6.07, 6.45) is 0.621. The number of nitrogens with zero attached hydrogens (tertiary/aromatic N) is 5. The van der Waals surface area contributed by atoms with Gasteiger partial charge in [0.05, 0.1) is 11.7 Å². The van der Waals surface area contributed by atoms with Crippen LogP contribution in [0.5, 0.6) is 0 Å². The highest BCUT2D eigenvalue weighted by Crippen LogP contribution is 2.35. The fourth-order valence-electron chi connectivity index (χ4n) is 4.39. The minimum Gasteiger partial charge on any atom is -0.444 e. The van der Waals surface area contributed by atoms with Gasteiger partial charge in [0, 0.05) is 44.8 Å². The van der Waals surface area contributed by atoms with Crippen molar-refractivity contribution >= 4 is 23.5 Å². The van der Waals surface area contributed by atoms with Gasteiger partial charge in [0.25, 0.3) is 0 Å². The van der Waals surface area contributed by atoms with E-state index in [0.29, 0.717) is 26.2 Å². The van der Waals surface area contributed by atoms with Gasteiger partial charge >= 0.3 is 6.09 Å². The van der Waals surface area contributed by atoms with E-state index in [1.165, 1.54) is 11.1 Å². The Morgan fingerprint density at radius 3 is 2.44 bits per heavy atom. The fourth-order valence-corrected chi connectivity index (χ4v) is 4.56. The van der Waals surface area contributed by atoms with Crippen LogP contribution in [0.2, 0.25) is 5.28 Å². The number of hydrogen-bond donors (Lipinski definition) is 0. The third-order valence-electron chi connectivity index (χ3n) is 6.04. The highest BCUT2D eigenvalue weighted by atomic mass is 35.5. The topological polar surface area (TPSA) is 61.8 Å². The van der Waals surface area contributed by atoms with E-state index < -0.39 is 5.60 Å². The molecule has 1 aromatic carbocycles. The average molecular weight is 458 g/mol. The fraction of sp³-hybridized carbons (Fsp3) is 0.542. The molecule has 1 amide bonds. The Bertz CT molecular complexity index is 955. The van der Waals surface area contributed by atoms with E-state index in [4.69, 9.17) is 16.3 Å². The van der Waals surface area contributed by atoms with Gasteiger partial charge in [-0.25, -0.2) is 14.8 Å². The Morgan fingerprint density at radius 2 is 1.78 bits per heavy atom. The number of aromatic nitrogens is 2. The number of ether oxygens (including phenoxy) is 1. The first-order chi connectivity index (χ1) is 15.2. The van der Waals surface area contributed by atoms with Gasteiger partial charge in [-0.05, 0) is 51.3 Å². The van der Waals surface area contributed by atoms with Crippen molar-refractivity contribution < 1.29 is 9.53 Å². The molecule has 0 N–H and O–H groups in total. The van der Waals surface area contributed by atoms with Crippen LogP contribution in [0.1, 0.15) is 50.6 Å². The molecule has 32 heavy (non-hydrogen) atoms. The lowest BCUT2D eigenvalue weighted by molar-refractivity contribution is 0.0240. The van der Waals surface area contributed by atoms with Gasteiger partial charge in [0.1, 0.15) is 11.4 Å². The standard InChI is InChI=1S/C24H32ClN5O2/c1-17-20-19(10-11-30(17)16-18-8-6-5-7-9-18)21(27-22(25)26-20)28-12-14-29(15-13-28)23(31)32-24(2,3)4/h5-9,17H,10-16H2,1-4H3/t17-/m0/s1. The van der Waals surface area contributed by atoms with Crippen LogP contribution >= 0.6 is 11.6 Å². The van der Waals surface area contributed by atoms with E-state index in [-0.39, 0.29) is 17.4 Å². The third-order valence-corrected chi connectivity index (χ3v) is 6.21. The predicted molar refractivity (Wildman–Crippen MR) is 126 cm³/mol. The molecular formula is C24H32ClN5O2. The van der Waals surface area contributed by atoms with Crippen molar-refractivity contribution in [2.24, 2.45) is 0 Å². The molecule has 2 aliphatic heterocycles. The van der Waals surface area contributed by atoms with Gasteiger partial charge in [-0.1, -0.05) is 30.3 Å². The molecule has 0 unspecified atom stereocenters. The molecule has 0 aliphatic carbocycles. The molecule has 2 aromatic rings. The Hall–Kier alpha value is -2.38. The number of fused-ring (bicyclic) bond motifs is 1. The maximum atomic E-state index is 12.4. The third kappa shape index (κ3) is 5.15. The monoisotopic (exact) mass is 457 g/mol. The van der Waals surface area contributed by atoms with E-state index in [1.54, 1.807) is 4.90 Å². The van der Waals surface area contributed by atoms with Crippen LogP contribution in [0, 0.1) is 0 Å². The molecule has 2 aliphatic rings. The van der Waals surface area contributed by atoms with E-state index in [9.17, 15) is 4.79 Å². The normalized spacial score (nSPS) is 19.6. The maximum absolute atomic E-state index is 12.4. The summed E-state index contributed by atoms with van der Waals surface area (Å²) in [7, 11) is 0. The number of hydrogen-bond acceptors (Lipinski definition) is 6. The maximum Gasteiger partial charge on any atom is 0.410 e. The van der Waals surface area contributed by atoms with Gasteiger partial charge in [-0.2, -0.15) is 0 Å². The molecule has 0 bridgehead atoms. The minimum absolute atomic E-state index is 0.154. The van der Waals surface area contributed by atoms with Crippen LogP contribution in [0.15, 0.2) is 30.3 Å². The molecule has 1 aromatic heterocycles. The molecular weight excluding hydrogens is 426 g/mol. The molecule has 1 atom stereocenters. The van der Waals surface area contributed by atoms with Gasteiger partial charge in [-0.15, -0.1) is 0 Å². The largest absolute Gasteiger partial charge is 0.444 e. The van der Waals surface area contributed by atoms with Crippen LogP contribution in [-0.2, 0) is 17.7 Å². The number of carbonyl (C=O) groups is 1. The van der Waals surface area contributed by atoms with Crippen LogP contribution < -0.4 is 4.90 Å². The number of piperazine rings is 1. The molecule has 1 fully saturated rings. The molecule has 0 spiro atoms. The Labute approximate surface area is 195 Å². The second-order valence-electron chi connectivity index (χ2n) is 9.52. The predicted octanol–water partition coefficient (Wildman–Crippen LogP) is 4.31. The number of carbonyl (C=O) groups excluding carboxylic acids is 1. The molecule has 8 heteroatoms. The first-order valence-corrected chi connectivity index (χ1v) is 11.7. The lowest BCUT2D eigenvalue weighted by Gasteiger charge is -2.39. The number of rotatable bonds is 3. The van der Waals surface area contributed by atoms with Crippen molar-refractivity contribution in [2.75, 3.05) is 37.6 Å². The number of amides is 1. The quantitative estimate of drug-likeness (QED) is 0.640. The van der Waals surface area contributed by atoms with Gasteiger partial charge in [-0.3, -0.25) is 4.90 Å². The summed E-state index contributed by atoms with van der Waals surface area (Å²) in [6, 6.07) is 10.7. The Balaban J connectivity index is 1.48. The molecule has 4 rings (SSSR count). The highest BCUT2D eigenvalue weighted by Gasteiger charge is 2.32. The first-order valence-electron chi connectivity index (χ1n) is 11.3. The lowest BCUT2D eigenvalue weighted by Crippen LogP contribution is -2.50. The van der Waals surface area contributed by atoms with Crippen molar-refractivity contribution in [1.29, 1.82) is 0 Å². The zero-order chi connectivity index (χ0) is 22.9. The van der Waals surface area contributed by atoms with Crippen molar-refractivity contribution in [2.45, 2.75) is 52.3 Å². The summed E-state index contributed by atoms with van der Waals surface area (Å²) in [4.78, 5) is 28.1. The van der Waals surface area contributed by atoms with Crippen molar-refractivity contribution in [1.82, 2.24) is 19.8 Å². The molecule has 7 nitrogen and oxygen atoms in total. The molecule has 0 saturated carbocycles. The van der Waals surface area contributed by atoms with Crippen molar-refractivity contribution in [3.8, 4) is 0 Å². The SMILES string of the molecule is C[C@H]1c2nc(Cl)nc(N3CCN(C(=O)OC(C)(C)C)CC3)c2CCN1Cc1ccccc1. The van der Waals surface area contributed by atoms with Crippen LogP contribution in [0.3, 0.4) is 0 Å². The summed E-state index contributed by atoms with van der Waals surface area (Å²) < 4.78 is 5.52. The smallest absolute Gasteiger partial charge is 0.410 e. The second kappa shape index (κ2) is 9.24.